The lowest BCUT2D eigenvalue weighted by Crippen LogP contribution is -2.07. The topological polar surface area (TPSA) is 42.4 Å². The van der Waals surface area contributed by atoms with E-state index < -0.39 is 0 Å². The van der Waals surface area contributed by atoms with Crippen molar-refractivity contribution in [3.8, 4) is 16.2 Å². The number of thiocarbonyl (C=S) groups is 1. The molecule has 6 heteroatoms. The summed E-state index contributed by atoms with van der Waals surface area (Å²) in [6.45, 7) is 2.62. The third-order valence-electron chi connectivity index (χ3n) is 3.59. The number of ether oxygens (including phenoxy) is 1. The number of halogens is 1. The van der Waals surface area contributed by atoms with Crippen LogP contribution in [0.15, 0.2) is 41.0 Å². The van der Waals surface area contributed by atoms with Crippen molar-refractivity contribution >= 4 is 54.6 Å². The van der Waals surface area contributed by atoms with Gasteiger partial charge in [0.1, 0.15) is 4.60 Å². The summed E-state index contributed by atoms with van der Waals surface area (Å²) >= 11 is 10.3. The number of pyridine rings is 1. The number of unbranched alkanes of at least 4 members (excludes halogenated alkanes) is 1. The maximum absolute atomic E-state index is 10.6. The number of nitrogens with zero attached hydrogens (tertiary/aromatic N) is 1. The number of benzene rings is 1. The van der Waals surface area contributed by atoms with Crippen LogP contribution in [-0.2, 0) is 4.74 Å². The molecular formula is C18H16BrNO2S2. The zero-order valence-electron chi connectivity index (χ0n) is 13.1. The first kappa shape index (κ1) is 17.3. The SMILES string of the molecule is CCCCOC(=S)c1nc(Br)c2cc(-c3ccccc3)sc2c1O. The maximum Gasteiger partial charge on any atom is 0.214 e. The van der Waals surface area contributed by atoms with Gasteiger partial charge in [-0.15, -0.1) is 11.3 Å². The molecule has 1 aromatic carbocycles. The second kappa shape index (κ2) is 7.59. The summed E-state index contributed by atoms with van der Waals surface area (Å²) in [6, 6.07) is 12.1. The molecular weight excluding hydrogens is 406 g/mol. The van der Waals surface area contributed by atoms with Gasteiger partial charge >= 0.3 is 0 Å². The van der Waals surface area contributed by atoms with Crippen molar-refractivity contribution in [1.82, 2.24) is 4.98 Å². The van der Waals surface area contributed by atoms with Gasteiger partial charge in [-0.25, -0.2) is 4.98 Å². The van der Waals surface area contributed by atoms with Gasteiger partial charge in [-0.05, 0) is 46.2 Å². The van der Waals surface area contributed by atoms with Crippen molar-refractivity contribution in [3.05, 3.63) is 46.7 Å². The third-order valence-corrected chi connectivity index (χ3v) is 5.69. The smallest absolute Gasteiger partial charge is 0.214 e. The fourth-order valence-electron chi connectivity index (χ4n) is 2.30. The van der Waals surface area contributed by atoms with E-state index in [2.05, 4.69) is 27.8 Å². The van der Waals surface area contributed by atoms with Crippen LogP contribution in [0.4, 0.5) is 0 Å². The lowest BCUT2D eigenvalue weighted by molar-refractivity contribution is 0.303. The molecule has 24 heavy (non-hydrogen) atoms. The first-order valence-corrected chi connectivity index (χ1v) is 9.68. The largest absolute Gasteiger partial charge is 0.504 e. The molecule has 0 spiro atoms. The van der Waals surface area contributed by atoms with E-state index in [9.17, 15) is 5.11 Å². The Labute approximate surface area is 158 Å². The number of thiophene rings is 1. The summed E-state index contributed by atoms with van der Waals surface area (Å²) in [7, 11) is 0. The predicted octanol–water partition coefficient (Wildman–Crippen LogP) is 5.92. The molecule has 1 N–H and O–H groups in total. The first-order valence-electron chi connectivity index (χ1n) is 7.66. The molecule has 0 radical (unpaired) electrons. The number of hydrogen-bond acceptors (Lipinski definition) is 5. The minimum Gasteiger partial charge on any atom is -0.504 e. The zero-order chi connectivity index (χ0) is 17.1. The summed E-state index contributed by atoms with van der Waals surface area (Å²) in [5.41, 5.74) is 1.43. The summed E-state index contributed by atoms with van der Waals surface area (Å²) < 4.78 is 6.95. The van der Waals surface area contributed by atoms with Crippen LogP contribution < -0.4 is 0 Å². The highest BCUT2D eigenvalue weighted by Gasteiger charge is 2.19. The van der Waals surface area contributed by atoms with Crippen LogP contribution >= 0.6 is 39.5 Å². The fraction of sp³-hybridized carbons (Fsp3) is 0.222. The monoisotopic (exact) mass is 421 g/mol. The zero-order valence-corrected chi connectivity index (χ0v) is 16.3. The highest BCUT2D eigenvalue weighted by molar-refractivity contribution is 9.10. The van der Waals surface area contributed by atoms with E-state index in [-0.39, 0.29) is 10.8 Å². The Hall–Kier alpha value is -1.50. The Morgan fingerprint density at radius 1 is 1.33 bits per heavy atom. The molecule has 0 bridgehead atoms. The Balaban J connectivity index is 2.02. The van der Waals surface area contributed by atoms with Gasteiger partial charge in [0.05, 0.1) is 11.3 Å². The second-order valence-corrected chi connectivity index (χ2v) is 7.48. The highest BCUT2D eigenvalue weighted by Crippen LogP contribution is 2.42. The Morgan fingerprint density at radius 2 is 2.08 bits per heavy atom. The second-order valence-electron chi connectivity index (χ2n) is 5.31. The lowest BCUT2D eigenvalue weighted by Gasteiger charge is -2.09. The normalized spacial score (nSPS) is 10.9. The molecule has 124 valence electrons. The molecule has 0 fully saturated rings. The van der Waals surface area contributed by atoms with E-state index in [4.69, 9.17) is 17.0 Å². The van der Waals surface area contributed by atoms with Gasteiger partial charge in [-0.2, -0.15) is 0 Å². The van der Waals surface area contributed by atoms with Crippen LogP contribution in [0.5, 0.6) is 5.75 Å². The average molecular weight is 422 g/mol. The molecule has 0 saturated heterocycles. The number of fused-ring (bicyclic) bond motifs is 1. The van der Waals surface area contributed by atoms with Crippen LogP contribution in [-0.4, -0.2) is 21.7 Å². The van der Waals surface area contributed by atoms with Gasteiger partial charge in [-0.1, -0.05) is 43.7 Å². The standard InChI is InChI=1S/C18H16BrNO2S2/c1-2-3-9-22-18(23)14-15(21)16-12(17(19)20-14)10-13(24-16)11-7-5-4-6-8-11/h4-8,10,21H,2-3,9H2,1H3. The predicted molar refractivity (Wildman–Crippen MR) is 107 cm³/mol. The minimum atomic E-state index is 0.0851. The Bertz CT molecular complexity index is 878. The van der Waals surface area contributed by atoms with E-state index in [1.54, 1.807) is 0 Å². The summed E-state index contributed by atoms with van der Waals surface area (Å²) in [5, 5.41) is 11.7. The van der Waals surface area contributed by atoms with Crippen molar-refractivity contribution in [2.45, 2.75) is 19.8 Å². The van der Waals surface area contributed by atoms with Crippen LogP contribution in [0.2, 0.25) is 0 Å². The molecule has 0 amide bonds. The van der Waals surface area contributed by atoms with Crippen molar-refractivity contribution in [3.63, 3.8) is 0 Å². The van der Waals surface area contributed by atoms with Gasteiger partial charge in [0, 0.05) is 10.3 Å². The molecule has 0 atom stereocenters. The molecule has 0 aliphatic rings. The van der Waals surface area contributed by atoms with Crippen LogP contribution in [0.25, 0.3) is 20.5 Å². The van der Waals surface area contributed by atoms with E-state index in [1.165, 1.54) is 11.3 Å². The van der Waals surface area contributed by atoms with E-state index in [0.29, 0.717) is 16.9 Å². The van der Waals surface area contributed by atoms with Crippen molar-refractivity contribution in [2.24, 2.45) is 0 Å². The Morgan fingerprint density at radius 3 is 2.79 bits per heavy atom. The van der Waals surface area contributed by atoms with Crippen molar-refractivity contribution in [2.75, 3.05) is 6.61 Å². The van der Waals surface area contributed by atoms with Gasteiger partial charge in [0.2, 0.25) is 5.05 Å². The average Bonchev–Trinajstić information content (AvgIpc) is 3.05. The van der Waals surface area contributed by atoms with Gasteiger partial charge < -0.3 is 9.84 Å². The Kier molecular flexibility index (Phi) is 5.48. The lowest BCUT2D eigenvalue weighted by atomic mass is 10.2. The highest BCUT2D eigenvalue weighted by atomic mass is 79.9. The molecule has 3 rings (SSSR count). The number of rotatable bonds is 5. The molecule has 0 unspecified atom stereocenters. The molecule has 0 saturated carbocycles. The summed E-state index contributed by atoms with van der Waals surface area (Å²) in [6.07, 6.45) is 1.94. The molecule has 2 heterocycles. The quantitative estimate of drug-likeness (QED) is 0.315. The van der Waals surface area contributed by atoms with Gasteiger partial charge in [0.15, 0.2) is 11.4 Å². The number of hydrogen-bond donors (Lipinski definition) is 1. The van der Waals surface area contributed by atoms with Crippen molar-refractivity contribution < 1.29 is 9.84 Å². The maximum atomic E-state index is 10.6. The molecule has 2 aromatic heterocycles. The molecule has 0 aliphatic carbocycles. The first-order chi connectivity index (χ1) is 11.6. The molecule has 3 aromatic rings. The van der Waals surface area contributed by atoms with E-state index >= 15 is 0 Å². The van der Waals surface area contributed by atoms with E-state index in [1.807, 2.05) is 36.4 Å². The molecule has 3 nitrogen and oxygen atoms in total. The third kappa shape index (κ3) is 3.45. The molecule has 0 aliphatic heterocycles. The van der Waals surface area contributed by atoms with Crippen LogP contribution in [0.1, 0.15) is 25.5 Å². The number of aromatic hydroxyl groups is 1. The minimum absolute atomic E-state index is 0.0851. The van der Waals surface area contributed by atoms with E-state index in [0.717, 1.165) is 33.4 Å². The summed E-state index contributed by atoms with van der Waals surface area (Å²) in [4.78, 5) is 5.46. The van der Waals surface area contributed by atoms with Gasteiger partial charge in [0.25, 0.3) is 0 Å². The fourth-order valence-corrected chi connectivity index (χ4v) is 4.26. The van der Waals surface area contributed by atoms with Crippen LogP contribution in [0, 0.1) is 0 Å². The summed E-state index contributed by atoms with van der Waals surface area (Å²) in [5.74, 6) is 0.0851. The van der Waals surface area contributed by atoms with Gasteiger partial charge in [-0.3, -0.25) is 0 Å². The number of aromatic nitrogens is 1. The van der Waals surface area contributed by atoms with Crippen molar-refractivity contribution in [1.29, 1.82) is 0 Å². The van der Waals surface area contributed by atoms with Crippen LogP contribution in [0.3, 0.4) is 0 Å².